The maximum Gasteiger partial charge on any atom is 0.203 e. The molecular formula is C111H125NO18S5. The summed E-state index contributed by atoms with van der Waals surface area (Å²) in [6.45, 7) is 26.2. The summed E-state index contributed by atoms with van der Waals surface area (Å²) in [5.41, 5.74) is 12.9. The largest absolute Gasteiger partial charge is 0.491 e. The Labute approximate surface area is 817 Å². The van der Waals surface area contributed by atoms with Gasteiger partial charge in [-0.1, -0.05) is 253 Å². The second-order valence-corrected chi connectivity index (χ2v) is 40.3. The van der Waals surface area contributed by atoms with Gasteiger partial charge in [-0.05, 0) is 174 Å². The molecule has 0 unspecified atom stereocenters. The molecule has 0 radical (unpaired) electrons. The normalized spacial score (nSPS) is 12.7. The van der Waals surface area contributed by atoms with Gasteiger partial charge in [-0.15, -0.1) is 11.8 Å². The maximum atomic E-state index is 6.75. The zero-order chi connectivity index (χ0) is 93.9. The molecule has 2 aliphatic rings. The highest BCUT2D eigenvalue weighted by atomic mass is 32.2. The molecule has 12 aromatic rings. The van der Waals surface area contributed by atoms with Crippen molar-refractivity contribution in [1.82, 2.24) is 4.57 Å². The third-order valence-corrected chi connectivity index (χ3v) is 29.3. The van der Waals surface area contributed by atoms with Crippen LogP contribution in [0.4, 0.5) is 0 Å². The molecule has 19 nitrogen and oxygen atoms in total. The van der Waals surface area contributed by atoms with E-state index in [-0.39, 0.29) is 37.3 Å². The van der Waals surface area contributed by atoms with Crippen molar-refractivity contribution in [2.45, 2.75) is 114 Å². The average molecular weight is 1920 g/mol. The molecule has 0 aliphatic carbocycles. The first-order valence-electron chi connectivity index (χ1n) is 46.1. The molecule has 11 aromatic carbocycles. The fraction of sp³-hybridized carbons (Fsp3) is 0.351. The second kappa shape index (κ2) is 51.9. The fourth-order valence-corrected chi connectivity index (χ4v) is 21.7. The van der Waals surface area contributed by atoms with Crippen LogP contribution in [0, 0.1) is 0 Å². The number of aryl methyl sites for hydroxylation is 1. The van der Waals surface area contributed by atoms with Gasteiger partial charge in [0.2, 0.25) is 5.75 Å². The van der Waals surface area contributed by atoms with Gasteiger partial charge < -0.3 is 89.8 Å². The van der Waals surface area contributed by atoms with Crippen LogP contribution in [-0.4, -0.2) is 157 Å². The molecule has 2 aliphatic heterocycles. The van der Waals surface area contributed by atoms with Crippen LogP contribution < -0.4 is 47.4 Å². The van der Waals surface area contributed by atoms with Gasteiger partial charge in [-0.2, -0.15) is 0 Å². The Balaban J connectivity index is 0.523. The molecule has 24 heteroatoms. The van der Waals surface area contributed by atoms with Gasteiger partial charge in [-0.25, -0.2) is 0 Å². The number of hydrogen-bond acceptors (Lipinski definition) is 23. The summed E-state index contributed by atoms with van der Waals surface area (Å²) in [4.78, 5) is 2.52. The first-order chi connectivity index (χ1) is 66.0. The number of nitrogens with zero attached hydrogens (tertiary/aromatic N) is 1. The molecule has 14 rings (SSSR count). The third kappa shape index (κ3) is 29.7. The molecule has 0 atom stereocenters. The highest BCUT2D eigenvalue weighted by molar-refractivity contribution is 8.37. The molecule has 0 saturated heterocycles. The van der Waals surface area contributed by atoms with Crippen LogP contribution in [0.25, 0.3) is 10.8 Å². The summed E-state index contributed by atoms with van der Waals surface area (Å²) in [6, 6.07) is 84.2. The minimum Gasteiger partial charge on any atom is -0.491 e. The standard InChI is InChI=1S/C111H125NO18S5/c1-11-80-18-28-88(29-19-80)111(89-34-30-86(31-35-89)109(2,3)4,90-36-32-87(33-37-90)110(5,6)7)91-38-48-95(49-39-91)124-65-59-119-60-66-125-99-16-12-15-98-97(99)14-13-17-100(98)126-67-61-120-68-69-131-105-79-132-107(135-105)108-133-103-73-112(74-104(103)134-108)72-81-20-40-96(41-21-81)127-78-85-70-101(128-75-82-22-42-92(43-23-82)121-62-56-116-53-50-113-8)106(130-77-84-26-46-94(47-27-84)123-64-58-118-55-52-115-10)102(71-85)129-76-83-24-44-93(45-25-83)122-63-57-117-54-51-114-9/h12-49,70-71,73-74,79H,11,50-69,72,75-78H2,1-10H3. The van der Waals surface area contributed by atoms with Crippen molar-refractivity contribution in [1.29, 1.82) is 0 Å². The van der Waals surface area contributed by atoms with Crippen molar-refractivity contribution in [2.75, 3.05) is 153 Å². The number of ether oxygens (including phenoxy) is 18. The van der Waals surface area contributed by atoms with Gasteiger partial charge in [0.05, 0.1) is 104 Å². The van der Waals surface area contributed by atoms with E-state index in [0.29, 0.717) is 149 Å². The molecule has 0 bridgehead atoms. The van der Waals surface area contributed by atoms with Crippen molar-refractivity contribution >= 4 is 69.6 Å². The minimum absolute atomic E-state index is 0.0221. The van der Waals surface area contributed by atoms with E-state index in [4.69, 9.17) is 85.3 Å². The monoisotopic (exact) mass is 1920 g/mol. The molecule has 0 fully saturated rings. The average Bonchev–Trinajstić information content (AvgIpc) is 1.14. The van der Waals surface area contributed by atoms with Crippen LogP contribution >= 0.6 is 58.8 Å². The number of thioether (sulfide) groups is 5. The molecule has 0 N–H and O–H groups in total. The Hall–Kier alpha value is -10.1. The van der Waals surface area contributed by atoms with E-state index in [9.17, 15) is 0 Å². The summed E-state index contributed by atoms with van der Waals surface area (Å²) < 4.78 is 114. The van der Waals surface area contributed by atoms with Crippen LogP contribution in [0.5, 0.6) is 57.5 Å². The number of rotatable bonds is 56. The van der Waals surface area contributed by atoms with E-state index in [1.54, 1.807) is 33.1 Å². The zero-order valence-electron chi connectivity index (χ0n) is 79.0. The summed E-state index contributed by atoms with van der Waals surface area (Å²) in [5, 5.41) is 4.22. The molecule has 1 aromatic heterocycles. The first-order valence-corrected chi connectivity index (χ1v) is 50.4. The van der Waals surface area contributed by atoms with Gasteiger partial charge in [0.15, 0.2) is 11.5 Å². The number of benzene rings is 11. The first kappa shape index (κ1) is 101. The van der Waals surface area contributed by atoms with Crippen LogP contribution in [0.15, 0.2) is 283 Å². The predicted octanol–water partition coefficient (Wildman–Crippen LogP) is 24.6. The van der Waals surface area contributed by atoms with Crippen molar-refractivity contribution in [3.05, 3.63) is 340 Å². The van der Waals surface area contributed by atoms with Gasteiger partial charge in [0.1, 0.15) is 106 Å². The number of hydrogen-bond donors (Lipinski definition) is 0. The molecule has 0 amide bonds. The van der Waals surface area contributed by atoms with E-state index < -0.39 is 5.41 Å². The number of aromatic nitrogens is 1. The lowest BCUT2D eigenvalue weighted by Crippen LogP contribution is -2.31. The van der Waals surface area contributed by atoms with Crippen LogP contribution in [0.2, 0.25) is 0 Å². The lowest BCUT2D eigenvalue weighted by atomic mass is 9.64. The quantitative estimate of drug-likeness (QED) is 0.0260. The van der Waals surface area contributed by atoms with Gasteiger partial charge in [0, 0.05) is 66.6 Å². The van der Waals surface area contributed by atoms with Crippen molar-refractivity contribution in [3.8, 4) is 57.5 Å². The lowest BCUT2D eigenvalue weighted by molar-refractivity contribution is 0.0544. The predicted molar refractivity (Wildman–Crippen MR) is 546 cm³/mol. The summed E-state index contributed by atoms with van der Waals surface area (Å²) >= 11 is 9.17. The van der Waals surface area contributed by atoms with E-state index in [0.717, 1.165) is 91.0 Å². The van der Waals surface area contributed by atoms with Crippen LogP contribution in [0.3, 0.4) is 0 Å². The fourth-order valence-electron chi connectivity index (χ4n) is 15.2. The Morgan fingerprint density at radius 3 is 1.04 bits per heavy atom. The maximum absolute atomic E-state index is 6.75. The number of methoxy groups -OCH3 is 3. The Kier molecular flexibility index (Phi) is 38.7. The summed E-state index contributed by atoms with van der Waals surface area (Å²) in [7, 11) is 4.95. The smallest absolute Gasteiger partial charge is 0.203 e. The van der Waals surface area contributed by atoms with E-state index in [1.807, 2.05) is 168 Å². The zero-order valence-corrected chi connectivity index (χ0v) is 83.1. The Morgan fingerprint density at radius 2 is 0.637 bits per heavy atom. The molecule has 135 heavy (non-hydrogen) atoms. The van der Waals surface area contributed by atoms with Crippen molar-refractivity contribution in [2.24, 2.45) is 0 Å². The molecule has 0 saturated carbocycles. The topological polar surface area (TPSA) is 171 Å². The lowest BCUT2D eigenvalue weighted by Gasteiger charge is -2.38. The highest BCUT2D eigenvalue weighted by Crippen LogP contribution is 2.61. The Bertz CT molecular complexity index is 5520. The molecular weight excluding hydrogens is 1800 g/mol. The van der Waals surface area contributed by atoms with Crippen LogP contribution in [-0.2, 0) is 93.5 Å². The third-order valence-electron chi connectivity index (χ3n) is 22.6. The minimum atomic E-state index is -0.589. The van der Waals surface area contributed by atoms with Gasteiger partial charge >= 0.3 is 0 Å². The van der Waals surface area contributed by atoms with Gasteiger partial charge in [0.25, 0.3) is 0 Å². The van der Waals surface area contributed by atoms with Crippen molar-refractivity contribution in [3.63, 3.8) is 0 Å². The second-order valence-electron chi connectivity index (χ2n) is 34.3. The SMILES string of the molecule is CCc1ccc(C(c2ccc(OCCOCCOc3cccc4c(OCCOCCSC5=CSC(=C6Sc7cn(Cc8ccc(OCc9cc(OCc%10ccc(OCCOCCOC)cc%10)c(OCc%10ccc(OCCOCCOC)cc%10)c(OCc%10ccc(OCCOCCOC)cc%10)c9)cc8)cc7S6)S5)cccc34)cc2)(c2ccc(C(C)(C)C)cc2)c2ccc(C(C)(C)C)cc2)cc1. The molecule has 0 spiro atoms. The highest BCUT2D eigenvalue weighted by Gasteiger charge is 2.39. The number of fused-ring (bicyclic) bond motifs is 2. The summed E-state index contributed by atoms with van der Waals surface area (Å²) in [5.74, 6) is 7.49. The molecule has 712 valence electrons. The van der Waals surface area contributed by atoms with E-state index in [1.165, 1.54) is 61.4 Å². The summed E-state index contributed by atoms with van der Waals surface area (Å²) in [6.07, 6.45) is 5.48. The van der Waals surface area contributed by atoms with Crippen molar-refractivity contribution < 1.29 is 85.3 Å². The Morgan fingerprint density at radius 1 is 0.296 bits per heavy atom. The van der Waals surface area contributed by atoms with E-state index >= 15 is 0 Å². The molecule has 3 heterocycles. The van der Waals surface area contributed by atoms with E-state index in [2.05, 4.69) is 192 Å². The van der Waals surface area contributed by atoms with Crippen LogP contribution in [0.1, 0.15) is 115 Å². The van der Waals surface area contributed by atoms with Gasteiger partial charge in [-0.3, -0.25) is 0 Å².